The fourth-order valence-electron chi connectivity index (χ4n) is 5.25. The summed E-state index contributed by atoms with van der Waals surface area (Å²) in [7, 11) is 0.0488. The molecule has 11 nitrogen and oxygen atoms in total. The van der Waals surface area contributed by atoms with Crippen LogP contribution in [0.1, 0.15) is 53.2 Å². The van der Waals surface area contributed by atoms with Crippen LogP contribution < -0.4 is 4.90 Å². The molecule has 1 fully saturated rings. The first-order valence-electron chi connectivity index (χ1n) is 16.1. The molecule has 1 saturated heterocycles. The molecule has 1 aliphatic heterocycles. The fraction of sp³-hybridized carbons (Fsp3) is 0.625. The van der Waals surface area contributed by atoms with Gasteiger partial charge in [0.1, 0.15) is 12.4 Å². The number of carbonyl (C=O) groups is 2. The van der Waals surface area contributed by atoms with Gasteiger partial charge in [0.05, 0.1) is 42.6 Å². The number of methoxy groups -OCH3 is 1. The van der Waals surface area contributed by atoms with Crippen LogP contribution in [0.3, 0.4) is 0 Å². The molecular weight excluding hydrogens is 609 g/mol. The first kappa shape index (κ1) is 35.1. The first-order chi connectivity index (χ1) is 21.6. The lowest BCUT2D eigenvalue weighted by Gasteiger charge is -2.26. The lowest BCUT2D eigenvalue weighted by Crippen LogP contribution is -2.37. The highest BCUT2D eigenvalue weighted by Gasteiger charge is 2.29. The molecule has 13 heteroatoms. The SMILES string of the molecule is CCCCn1c(N(COCC[Si](C)(C)C)C(=O)c2cc(C)nn2CC)nc2cc(C(=O)OC)cc(SCCN3CCOCC3)c21. The van der Waals surface area contributed by atoms with Gasteiger partial charge in [0.15, 0.2) is 0 Å². The Bertz CT molecular complexity index is 1450. The standard InChI is InChI=1S/C32H50N6O5SSi/c1-8-10-11-36-29-26(21-25(31(40)41-4)22-28(29)44-18-14-35-12-15-42-16-13-35)33-32(36)37(23-43-17-19-45(5,6)7)30(39)27-20-24(3)34-38(27)9-2/h20-22H,8-19,23H2,1-7H3. The van der Waals surface area contributed by atoms with Crippen LogP contribution in [0.5, 0.6) is 0 Å². The zero-order valence-corrected chi connectivity index (χ0v) is 29.9. The molecule has 45 heavy (non-hydrogen) atoms. The van der Waals surface area contributed by atoms with Crippen molar-refractivity contribution in [2.45, 2.75) is 77.3 Å². The number of amides is 1. The summed E-state index contributed by atoms with van der Waals surface area (Å²) in [6.45, 7) is 19.0. The minimum atomic E-state index is -1.34. The highest BCUT2D eigenvalue weighted by atomic mass is 32.2. The molecule has 0 bridgehead atoms. The average Bonchev–Trinajstić information content (AvgIpc) is 3.59. The van der Waals surface area contributed by atoms with Crippen LogP contribution in [0.25, 0.3) is 11.0 Å². The van der Waals surface area contributed by atoms with Crippen LogP contribution >= 0.6 is 11.8 Å². The Hall–Kier alpha value is -2.71. The van der Waals surface area contributed by atoms with E-state index in [4.69, 9.17) is 19.2 Å². The molecule has 0 unspecified atom stereocenters. The van der Waals surface area contributed by atoms with Crippen molar-refractivity contribution in [3.8, 4) is 0 Å². The van der Waals surface area contributed by atoms with Gasteiger partial charge in [0.25, 0.3) is 5.91 Å². The molecule has 0 N–H and O–H groups in total. The van der Waals surface area contributed by atoms with E-state index in [0.717, 1.165) is 73.6 Å². The molecule has 4 rings (SSSR count). The second-order valence-corrected chi connectivity index (χ2v) is 19.4. The fourth-order valence-corrected chi connectivity index (χ4v) is 7.13. The van der Waals surface area contributed by atoms with Crippen molar-refractivity contribution in [1.82, 2.24) is 24.2 Å². The van der Waals surface area contributed by atoms with Gasteiger partial charge in [-0.1, -0.05) is 33.0 Å². The highest BCUT2D eigenvalue weighted by Crippen LogP contribution is 2.34. The van der Waals surface area contributed by atoms with Crippen LogP contribution in [-0.2, 0) is 27.3 Å². The molecule has 1 amide bonds. The van der Waals surface area contributed by atoms with Crippen molar-refractivity contribution in [3.05, 3.63) is 35.2 Å². The number of ether oxygens (including phenoxy) is 3. The highest BCUT2D eigenvalue weighted by molar-refractivity contribution is 7.99. The Morgan fingerprint density at radius 1 is 1.11 bits per heavy atom. The summed E-state index contributed by atoms with van der Waals surface area (Å²) >= 11 is 1.70. The largest absolute Gasteiger partial charge is 0.465 e. The number of rotatable bonds is 16. The smallest absolute Gasteiger partial charge is 0.337 e. The van der Waals surface area contributed by atoms with Crippen molar-refractivity contribution in [2.75, 3.05) is 63.9 Å². The zero-order chi connectivity index (χ0) is 32.6. The normalized spacial score (nSPS) is 14.3. The Labute approximate surface area is 272 Å². The minimum absolute atomic E-state index is 0.0655. The number of fused-ring (bicyclic) bond motifs is 1. The summed E-state index contributed by atoms with van der Waals surface area (Å²) in [6.07, 6.45) is 1.88. The van der Waals surface area contributed by atoms with Crippen LogP contribution in [0.2, 0.25) is 25.7 Å². The molecule has 2 aromatic heterocycles. The second-order valence-electron chi connectivity index (χ2n) is 12.6. The van der Waals surface area contributed by atoms with E-state index in [2.05, 4.69) is 41.1 Å². The molecule has 3 aromatic rings. The monoisotopic (exact) mass is 658 g/mol. The molecule has 1 aromatic carbocycles. The van der Waals surface area contributed by atoms with E-state index in [9.17, 15) is 9.59 Å². The van der Waals surface area contributed by atoms with Crippen molar-refractivity contribution in [3.63, 3.8) is 0 Å². The van der Waals surface area contributed by atoms with Crippen molar-refractivity contribution < 1.29 is 23.8 Å². The number of aromatic nitrogens is 4. The summed E-state index contributed by atoms with van der Waals surface area (Å²) in [5.41, 5.74) is 3.28. The maximum atomic E-state index is 14.3. The van der Waals surface area contributed by atoms with Crippen LogP contribution in [0.15, 0.2) is 23.1 Å². The van der Waals surface area contributed by atoms with Crippen molar-refractivity contribution >= 4 is 48.7 Å². The summed E-state index contributed by atoms with van der Waals surface area (Å²) in [5.74, 6) is 0.718. The van der Waals surface area contributed by atoms with Crippen LogP contribution in [-0.4, -0.2) is 103 Å². The van der Waals surface area contributed by atoms with Gasteiger partial charge in [-0.2, -0.15) is 5.10 Å². The van der Waals surface area contributed by atoms with E-state index < -0.39 is 14.0 Å². The number of anilines is 1. The molecule has 1 aliphatic rings. The van der Waals surface area contributed by atoms with E-state index >= 15 is 0 Å². The number of aryl methyl sites for hydroxylation is 3. The summed E-state index contributed by atoms with van der Waals surface area (Å²) in [5, 5.41) is 4.54. The summed E-state index contributed by atoms with van der Waals surface area (Å²) in [4.78, 5) is 37.1. The summed E-state index contributed by atoms with van der Waals surface area (Å²) in [6, 6.07) is 6.48. The maximum Gasteiger partial charge on any atom is 0.337 e. The van der Waals surface area contributed by atoms with Crippen molar-refractivity contribution in [2.24, 2.45) is 0 Å². The number of carbonyl (C=O) groups excluding carboxylic acids is 2. The number of nitrogens with zero attached hydrogens (tertiary/aromatic N) is 6. The number of hydrogen-bond donors (Lipinski definition) is 0. The van der Waals surface area contributed by atoms with Gasteiger partial charge in [0.2, 0.25) is 5.95 Å². The predicted molar refractivity (Wildman–Crippen MR) is 182 cm³/mol. The van der Waals surface area contributed by atoms with Gasteiger partial charge in [-0.25, -0.2) is 9.78 Å². The average molecular weight is 659 g/mol. The van der Waals surface area contributed by atoms with Gasteiger partial charge in [0, 0.05) is 58.1 Å². The molecule has 0 atom stereocenters. The quantitative estimate of drug-likeness (QED) is 0.0646. The number of thioether (sulfide) groups is 1. The van der Waals surface area contributed by atoms with E-state index in [1.807, 2.05) is 26.0 Å². The van der Waals surface area contributed by atoms with Gasteiger partial charge in [-0.3, -0.25) is 19.3 Å². The molecule has 0 radical (unpaired) electrons. The van der Waals surface area contributed by atoms with Gasteiger partial charge >= 0.3 is 5.97 Å². The molecule has 3 heterocycles. The minimum Gasteiger partial charge on any atom is -0.465 e. The molecule has 0 spiro atoms. The molecule has 0 aliphatic carbocycles. The maximum absolute atomic E-state index is 14.3. The summed E-state index contributed by atoms with van der Waals surface area (Å²) < 4.78 is 20.7. The lowest BCUT2D eigenvalue weighted by molar-refractivity contribution is 0.0410. The third-order valence-corrected chi connectivity index (χ3v) is 10.5. The number of morpholine rings is 1. The topological polar surface area (TPSA) is 104 Å². The third-order valence-electron chi connectivity index (χ3n) is 7.84. The number of esters is 1. The lowest BCUT2D eigenvalue weighted by atomic mass is 10.2. The second kappa shape index (κ2) is 16.2. The third kappa shape index (κ3) is 9.19. The number of imidazole rings is 1. The number of hydrogen-bond acceptors (Lipinski definition) is 9. The zero-order valence-electron chi connectivity index (χ0n) is 28.1. The molecule has 248 valence electrons. The predicted octanol–water partition coefficient (Wildman–Crippen LogP) is 5.53. The Morgan fingerprint density at radius 3 is 2.53 bits per heavy atom. The van der Waals surface area contributed by atoms with E-state index in [1.54, 1.807) is 27.4 Å². The van der Waals surface area contributed by atoms with Crippen LogP contribution in [0.4, 0.5) is 5.95 Å². The van der Waals surface area contributed by atoms with E-state index in [0.29, 0.717) is 42.4 Å². The number of unbranched alkanes of at least 4 members (excludes halogenated alkanes) is 1. The van der Waals surface area contributed by atoms with E-state index in [1.165, 1.54) is 7.11 Å². The van der Waals surface area contributed by atoms with Gasteiger partial charge in [-0.15, -0.1) is 11.8 Å². The number of benzene rings is 1. The first-order valence-corrected chi connectivity index (χ1v) is 20.7. The Balaban J connectivity index is 1.80. The van der Waals surface area contributed by atoms with Crippen molar-refractivity contribution in [1.29, 1.82) is 0 Å². The Morgan fingerprint density at radius 2 is 1.87 bits per heavy atom. The van der Waals surface area contributed by atoms with E-state index in [-0.39, 0.29) is 12.6 Å². The molecule has 0 saturated carbocycles. The Kier molecular flexibility index (Phi) is 12.7. The molecular formula is C32H50N6O5SSi. The van der Waals surface area contributed by atoms with Gasteiger partial charge < -0.3 is 18.8 Å². The van der Waals surface area contributed by atoms with Crippen LogP contribution in [0, 0.1) is 6.92 Å². The van der Waals surface area contributed by atoms with Gasteiger partial charge in [-0.05, 0) is 44.5 Å².